The van der Waals surface area contributed by atoms with Gasteiger partial charge in [-0.2, -0.15) is 5.26 Å². The fraction of sp³-hybridized carbons (Fsp3) is 0.222. The first-order valence-electron chi connectivity index (χ1n) is 3.78. The molecule has 0 N–H and O–H groups in total. The van der Waals surface area contributed by atoms with Gasteiger partial charge < -0.3 is 4.74 Å². The van der Waals surface area contributed by atoms with Gasteiger partial charge in [0.05, 0.1) is 24.1 Å². The van der Waals surface area contributed by atoms with E-state index in [1.807, 2.05) is 6.07 Å². The second-order valence-corrected chi connectivity index (χ2v) is 2.92. The number of ether oxygens (including phenoxy) is 1. The molecule has 14 heavy (non-hydrogen) atoms. The van der Waals surface area contributed by atoms with Crippen molar-refractivity contribution in [3.63, 3.8) is 0 Å². The Morgan fingerprint density at radius 3 is 3.00 bits per heavy atom. The van der Waals surface area contributed by atoms with Crippen LogP contribution in [0.25, 0.3) is 0 Å². The maximum atomic E-state index is 11.0. The molecule has 0 atom stereocenters. The first-order valence-corrected chi connectivity index (χ1v) is 4.16. The van der Waals surface area contributed by atoms with E-state index in [4.69, 9.17) is 16.9 Å². The molecular formula is C9H7ClN2O2. The number of rotatable bonds is 2. The van der Waals surface area contributed by atoms with E-state index in [1.165, 1.54) is 19.5 Å². The van der Waals surface area contributed by atoms with Gasteiger partial charge in [-0.25, -0.2) is 0 Å². The fourth-order valence-electron chi connectivity index (χ4n) is 0.954. The molecule has 0 aliphatic heterocycles. The Labute approximate surface area is 86.1 Å². The Morgan fingerprint density at radius 2 is 2.43 bits per heavy atom. The zero-order valence-corrected chi connectivity index (χ0v) is 8.21. The number of halogens is 1. The molecule has 5 heteroatoms. The number of aromatic nitrogens is 1. The molecule has 0 saturated carbocycles. The van der Waals surface area contributed by atoms with Crippen LogP contribution in [0.5, 0.6) is 0 Å². The lowest BCUT2D eigenvalue weighted by atomic mass is 10.1. The minimum absolute atomic E-state index is 0.0131. The molecule has 0 bridgehead atoms. The lowest BCUT2D eigenvalue weighted by Gasteiger charge is -2.03. The van der Waals surface area contributed by atoms with E-state index in [-0.39, 0.29) is 6.42 Å². The number of nitrogens with zero attached hydrogens (tertiary/aromatic N) is 2. The van der Waals surface area contributed by atoms with Crippen molar-refractivity contribution in [1.82, 2.24) is 4.98 Å². The van der Waals surface area contributed by atoms with Crippen LogP contribution in [0.3, 0.4) is 0 Å². The van der Waals surface area contributed by atoms with Crippen molar-refractivity contribution >= 4 is 17.6 Å². The van der Waals surface area contributed by atoms with Gasteiger partial charge in [0.1, 0.15) is 6.07 Å². The number of hydrogen-bond donors (Lipinski definition) is 0. The van der Waals surface area contributed by atoms with E-state index in [9.17, 15) is 4.79 Å². The highest BCUT2D eigenvalue weighted by Gasteiger charge is 2.11. The van der Waals surface area contributed by atoms with E-state index >= 15 is 0 Å². The van der Waals surface area contributed by atoms with Crippen LogP contribution in [0.2, 0.25) is 5.02 Å². The molecule has 0 aromatic carbocycles. The van der Waals surface area contributed by atoms with Crippen molar-refractivity contribution in [2.75, 3.05) is 7.11 Å². The fourth-order valence-corrected chi connectivity index (χ4v) is 1.18. The van der Waals surface area contributed by atoms with Gasteiger partial charge in [0, 0.05) is 18.0 Å². The number of hydrogen-bond acceptors (Lipinski definition) is 4. The average Bonchev–Trinajstić information content (AvgIpc) is 2.20. The van der Waals surface area contributed by atoms with Gasteiger partial charge in [-0.3, -0.25) is 9.78 Å². The summed E-state index contributed by atoms with van der Waals surface area (Å²) in [6.45, 7) is 0. The van der Waals surface area contributed by atoms with Gasteiger partial charge in [-0.15, -0.1) is 0 Å². The molecule has 1 rings (SSSR count). The average molecular weight is 211 g/mol. The normalized spacial score (nSPS) is 9.21. The summed E-state index contributed by atoms with van der Waals surface area (Å²) in [4.78, 5) is 14.7. The first kappa shape index (κ1) is 10.5. The minimum Gasteiger partial charge on any atom is -0.469 e. The summed E-state index contributed by atoms with van der Waals surface area (Å²) in [7, 11) is 1.28. The third kappa shape index (κ3) is 2.21. The molecule has 0 radical (unpaired) electrons. The summed E-state index contributed by atoms with van der Waals surface area (Å²) in [6, 6.07) is 1.91. The molecule has 4 nitrogen and oxygen atoms in total. The summed E-state index contributed by atoms with van der Waals surface area (Å²) in [5.74, 6) is -0.436. The molecule has 0 spiro atoms. The Hall–Kier alpha value is -1.60. The summed E-state index contributed by atoms with van der Waals surface area (Å²) >= 11 is 5.79. The topological polar surface area (TPSA) is 63.0 Å². The lowest BCUT2D eigenvalue weighted by Crippen LogP contribution is -2.06. The van der Waals surface area contributed by atoms with Crippen molar-refractivity contribution < 1.29 is 9.53 Å². The lowest BCUT2D eigenvalue weighted by molar-refractivity contribution is -0.139. The van der Waals surface area contributed by atoms with E-state index in [1.54, 1.807) is 0 Å². The quantitative estimate of drug-likeness (QED) is 0.691. The molecule has 0 aliphatic carbocycles. The van der Waals surface area contributed by atoms with E-state index in [0.29, 0.717) is 16.1 Å². The Kier molecular flexibility index (Phi) is 3.43. The summed E-state index contributed by atoms with van der Waals surface area (Å²) in [5.41, 5.74) is 0.749. The van der Waals surface area contributed by atoms with Gasteiger partial charge in [0.2, 0.25) is 0 Å². The minimum atomic E-state index is -0.436. The summed E-state index contributed by atoms with van der Waals surface area (Å²) < 4.78 is 4.48. The highest BCUT2D eigenvalue weighted by Crippen LogP contribution is 2.18. The van der Waals surface area contributed by atoms with Crippen molar-refractivity contribution in [2.24, 2.45) is 0 Å². The van der Waals surface area contributed by atoms with Gasteiger partial charge in [-0.05, 0) is 0 Å². The van der Waals surface area contributed by atoms with E-state index in [0.717, 1.165) is 0 Å². The monoisotopic (exact) mass is 210 g/mol. The van der Waals surface area contributed by atoms with Crippen molar-refractivity contribution in [3.05, 3.63) is 28.5 Å². The molecule has 72 valence electrons. The molecule has 0 saturated heterocycles. The SMILES string of the molecule is COC(=O)Cc1c(Cl)cncc1C#N. The predicted octanol–water partition coefficient (Wildman–Crippen LogP) is 1.32. The molecule has 1 aromatic rings. The van der Waals surface area contributed by atoms with Crippen LogP contribution in [0, 0.1) is 11.3 Å². The third-order valence-corrected chi connectivity index (χ3v) is 2.00. The highest BCUT2D eigenvalue weighted by atomic mass is 35.5. The van der Waals surface area contributed by atoms with Crippen LogP contribution in [-0.2, 0) is 16.0 Å². The smallest absolute Gasteiger partial charge is 0.310 e. The van der Waals surface area contributed by atoms with Crippen LogP contribution in [0.1, 0.15) is 11.1 Å². The number of carbonyl (C=O) groups is 1. The standard InChI is InChI=1S/C9H7ClN2O2/c1-14-9(13)2-7-6(3-11)4-12-5-8(7)10/h4-5H,2H2,1H3. The number of carbonyl (C=O) groups excluding carboxylic acids is 1. The number of esters is 1. The third-order valence-electron chi connectivity index (χ3n) is 1.67. The van der Waals surface area contributed by atoms with Crippen LogP contribution in [-0.4, -0.2) is 18.1 Å². The number of nitriles is 1. The first-order chi connectivity index (χ1) is 6.69. The van der Waals surface area contributed by atoms with Crippen LogP contribution in [0.4, 0.5) is 0 Å². The Balaban J connectivity index is 3.06. The van der Waals surface area contributed by atoms with Crippen LogP contribution in [0.15, 0.2) is 12.4 Å². The Morgan fingerprint density at radius 1 is 1.71 bits per heavy atom. The summed E-state index contributed by atoms with van der Waals surface area (Å²) in [5, 5.41) is 9.03. The zero-order chi connectivity index (χ0) is 10.6. The number of pyridine rings is 1. The van der Waals surface area contributed by atoms with Gasteiger partial charge >= 0.3 is 5.97 Å². The molecule has 1 heterocycles. The molecule has 0 amide bonds. The predicted molar refractivity (Wildman–Crippen MR) is 49.7 cm³/mol. The second-order valence-electron chi connectivity index (χ2n) is 2.51. The van der Waals surface area contributed by atoms with E-state index < -0.39 is 5.97 Å². The van der Waals surface area contributed by atoms with Gasteiger partial charge in [0.25, 0.3) is 0 Å². The molecule has 1 aromatic heterocycles. The van der Waals surface area contributed by atoms with Crippen molar-refractivity contribution in [1.29, 1.82) is 5.26 Å². The Bertz CT molecular complexity index is 398. The molecular weight excluding hydrogens is 204 g/mol. The van der Waals surface area contributed by atoms with Crippen molar-refractivity contribution in [3.8, 4) is 6.07 Å². The second kappa shape index (κ2) is 4.58. The van der Waals surface area contributed by atoms with Gasteiger partial charge in [-0.1, -0.05) is 11.6 Å². The largest absolute Gasteiger partial charge is 0.469 e. The molecule has 0 aliphatic rings. The molecule has 0 unspecified atom stereocenters. The summed E-state index contributed by atoms with van der Waals surface area (Å²) in [6.07, 6.45) is 2.74. The van der Waals surface area contributed by atoms with Crippen LogP contribution >= 0.6 is 11.6 Å². The van der Waals surface area contributed by atoms with Crippen molar-refractivity contribution in [2.45, 2.75) is 6.42 Å². The maximum Gasteiger partial charge on any atom is 0.310 e. The molecule has 0 fully saturated rings. The van der Waals surface area contributed by atoms with Crippen LogP contribution < -0.4 is 0 Å². The highest BCUT2D eigenvalue weighted by molar-refractivity contribution is 6.31. The zero-order valence-electron chi connectivity index (χ0n) is 7.45. The van der Waals surface area contributed by atoms with Gasteiger partial charge in [0.15, 0.2) is 0 Å². The number of methoxy groups -OCH3 is 1. The maximum absolute atomic E-state index is 11.0. The van der Waals surface area contributed by atoms with E-state index in [2.05, 4.69) is 9.72 Å².